The minimum atomic E-state index is -0.206. The number of morpholine rings is 1. The summed E-state index contributed by atoms with van der Waals surface area (Å²) < 4.78 is 20.6. The van der Waals surface area contributed by atoms with E-state index in [-0.39, 0.29) is 35.9 Å². The molecule has 142 valence electrons. The zero-order valence-electron chi connectivity index (χ0n) is 15.1. The Bertz CT molecular complexity index is 719. The molecule has 1 aliphatic rings. The lowest BCUT2D eigenvalue weighted by Crippen LogP contribution is -2.48. The fraction of sp³-hybridized carbons (Fsp3) is 0.444. The van der Waals surface area contributed by atoms with Gasteiger partial charge in [0, 0.05) is 38.9 Å². The topological polar surface area (TPSA) is 54.7 Å². The molecule has 0 saturated carbocycles. The second-order valence-corrected chi connectivity index (χ2v) is 6.10. The molecule has 1 unspecified atom stereocenters. The van der Waals surface area contributed by atoms with Crippen LogP contribution in [0.25, 0.3) is 0 Å². The first kappa shape index (κ1) is 20.6. The van der Waals surface area contributed by atoms with Gasteiger partial charge in [-0.05, 0) is 24.1 Å². The predicted octanol–water partition coefficient (Wildman–Crippen LogP) is 2.37. The number of nitrogens with zero attached hydrogens (tertiary/aromatic N) is 4. The summed E-state index contributed by atoms with van der Waals surface area (Å²) in [5.74, 6) is 0.654. The SMILES string of the molecule is CN=C(NCCc1ccc(F)cc1)N1CCOC(c2cnn(C)c2)C1.I. The van der Waals surface area contributed by atoms with Gasteiger partial charge < -0.3 is 15.0 Å². The van der Waals surface area contributed by atoms with Gasteiger partial charge in [0.2, 0.25) is 0 Å². The Balaban J connectivity index is 0.00000243. The molecule has 0 radical (unpaired) electrons. The van der Waals surface area contributed by atoms with Crippen molar-refractivity contribution in [2.75, 3.05) is 33.3 Å². The van der Waals surface area contributed by atoms with E-state index in [0.29, 0.717) is 6.61 Å². The second kappa shape index (κ2) is 9.86. The van der Waals surface area contributed by atoms with Crippen molar-refractivity contribution in [1.82, 2.24) is 20.0 Å². The van der Waals surface area contributed by atoms with Crippen LogP contribution in [-0.2, 0) is 18.2 Å². The molecular weight excluding hydrogens is 448 g/mol. The fourth-order valence-electron chi connectivity index (χ4n) is 2.95. The number of aryl methyl sites for hydroxylation is 1. The highest BCUT2D eigenvalue weighted by Crippen LogP contribution is 2.21. The highest BCUT2D eigenvalue weighted by atomic mass is 127. The Morgan fingerprint density at radius 3 is 2.81 bits per heavy atom. The third-order valence-corrected chi connectivity index (χ3v) is 4.28. The van der Waals surface area contributed by atoms with Crippen LogP contribution in [0.1, 0.15) is 17.2 Å². The van der Waals surface area contributed by atoms with Gasteiger partial charge in [0.15, 0.2) is 5.96 Å². The van der Waals surface area contributed by atoms with Gasteiger partial charge in [0.25, 0.3) is 0 Å². The number of benzene rings is 1. The highest BCUT2D eigenvalue weighted by molar-refractivity contribution is 14.0. The summed E-state index contributed by atoms with van der Waals surface area (Å²) in [5.41, 5.74) is 2.17. The minimum absolute atomic E-state index is 0. The van der Waals surface area contributed by atoms with Gasteiger partial charge in [-0.25, -0.2) is 4.39 Å². The Kier molecular flexibility index (Phi) is 7.83. The fourth-order valence-corrected chi connectivity index (χ4v) is 2.95. The average molecular weight is 473 g/mol. The molecule has 1 aliphatic heterocycles. The van der Waals surface area contributed by atoms with Gasteiger partial charge >= 0.3 is 0 Å². The Morgan fingerprint density at radius 1 is 1.38 bits per heavy atom. The van der Waals surface area contributed by atoms with Crippen molar-refractivity contribution >= 4 is 29.9 Å². The Hall–Kier alpha value is -1.68. The normalized spacial score (nSPS) is 17.7. The Labute approximate surface area is 170 Å². The van der Waals surface area contributed by atoms with Crippen LogP contribution in [0.3, 0.4) is 0 Å². The number of halogens is 2. The van der Waals surface area contributed by atoms with Crippen molar-refractivity contribution in [1.29, 1.82) is 0 Å². The first-order valence-corrected chi connectivity index (χ1v) is 8.46. The number of rotatable bonds is 4. The molecule has 2 heterocycles. The molecule has 2 aromatic rings. The van der Waals surface area contributed by atoms with Crippen LogP contribution in [0.4, 0.5) is 4.39 Å². The standard InChI is InChI=1S/C18H24FN5O.HI/c1-20-18(21-8-7-14-3-5-16(19)6-4-14)24-9-10-25-17(13-24)15-11-22-23(2)12-15;/h3-6,11-12,17H,7-10,13H2,1-2H3,(H,20,21);1H. The van der Waals surface area contributed by atoms with Crippen LogP contribution in [0.5, 0.6) is 0 Å². The van der Waals surface area contributed by atoms with Crippen molar-refractivity contribution in [3.8, 4) is 0 Å². The van der Waals surface area contributed by atoms with Crippen LogP contribution >= 0.6 is 24.0 Å². The predicted molar refractivity (Wildman–Crippen MR) is 110 cm³/mol. The zero-order chi connectivity index (χ0) is 17.6. The third kappa shape index (κ3) is 5.41. The molecule has 1 fully saturated rings. The summed E-state index contributed by atoms with van der Waals surface area (Å²) >= 11 is 0. The molecule has 1 saturated heterocycles. The van der Waals surface area contributed by atoms with Gasteiger partial charge in [-0.3, -0.25) is 9.67 Å². The number of guanidine groups is 1. The smallest absolute Gasteiger partial charge is 0.193 e. The molecule has 1 atom stereocenters. The maximum Gasteiger partial charge on any atom is 0.193 e. The summed E-state index contributed by atoms with van der Waals surface area (Å²) in [4.78, 5) is 6.59. The van der Waals surface area contributed by atoms with Gasteiger partial charge in [-0.2, -0.15) is 5.10 Å². The van der Waals surface area contributed by atoms with E-state index in [9.17, 15) is 4.39 Å². The van der Waals surface area contributed by atoms with E-state index < -0.39 is 0 Å². The van der Waals surface area contributed by atoms with E-state index in [1.54, 1.807) is 11.7 Å². The molecule has 0 amide bonds. The van der Waals surface area contributed by atoms with Gasteiger partial charge in [-0.1, -0.05) is 12.1 Å². The van der Waals surface area contributed by atoms with Crippen LogP contribution in [0.2, 0.25) is 0 Å². The van der Waals surface area contributed by atoms with Crippen LogP contribution in [0, 0.1) is 5.82 Å². The lowest BCUT2D eigenvalue weighted by molar-refractivity contribution is -0.00800. The lowest BCUT2D eigenvalue weighted by atomic mass is 10.1. The number of aromatic nitrogens is 2. The van der Waals surface area contributed by atoms with E-state index in [1.807, 2.05) is 31.6 Å². The molecule has 1 aromatic carbocycles. The van der Waals surface area contributed by atoms with E-state index >= 15 is 0 Å². The van der Waals surface area contributed by atoms with E-state index in [1.165, 1.54) is 12.1 Å². The number of nitrogens with one attached hydrogen (secondary N) is 1. The van der Waals surface area contributed by atoms with Gasteiger partial charge in [0.05, 0.1) is 19.3 Å². The summed E-state index contributed by atoms with van der Waals surface area (Å²) in [5, 5.41) is 7.60. The van der Waals surface area contributed by atoms with Crippen molar-refractivity contribution in [3.63, 3.8) is 0 Å². The van der Waals surface area contributed by atoms with Gasteiger partial charge in [-0.15, -0.1) is 24.0 Å². The van der Waals surface area contributed by atoms with Crippen LogP contribution in [-0.4, -0.2) is 53.9 Å². The number of aliphatic imine (C=N–C) groups is 1. The van der Waals surface area contributed by atoms with E-state index in [0.717, 1.165) is 43.1 Å². The average Bonchev–Trinajstić information content (AvgIpc) is 3.07. The molecule has 1 aromatic heterocycles. The molecule has 6 nitrogen and oxygen atoms in total. The largest absolute Gasteiger partial charge is 0.370 e. The molecule has 0 aliphatic carbocycles. The summed E-state index contributed by atoms with van der Waals surface area (Å²) in [7, 11) is 3.69. The molecule has 3 rings (SSSR count). The summed E-state index contributed by atoms with van der Waals surface area (Å²) in [6.45, 7) is 2.93. The lowest BCUT2D eigenvalue weighted by Gasteiger charge is -2.34. The molecule has 0 bridgehead atoms. The van der Waals surface area contributed by atoms with Crippen molar-refractivity contribution < 1.29 is 9.13 Å². The monoisotopic (exact) mass is 473 g/mol. The molecule has 26 heavy (non-hydrogen) atoms. The quantitative estimate of drug-likeness (QED) is 0.421. The first-order valence-electron chi connectivity index (χ1n) is 8.46. The molecule has 1 N–H and O–H groups in total. The summed E-state index contributed by atoms with van der Waals surface area (Å²) in [6, 6.07) is 6.61. The zero-order valence-corrected chi connectivity index (χ0v) is 17.4. The molecular formula is C18H25FIN5O. The maximum atomic E-state index is 13.0. The third-order valence-electron chi connectivity index (χ3n) is 4.28. The van der Waals surface area contributed by atoms with Crippen molar-refractivity contribution in [2.45, 2.75) is 12.5 Å². The van der Waals surface area contributed by atoms with Crippen LogP contribution in [0.15, 0.2) is 41.7 Å². The summed E-state index contributed by atoms with van der Waals surface area (Å²) in [6.07, 6.45) is 4.64. The number of ether oxygens (including phenoxy) is 1. The van der Waals surface area contributed by atoms with Crippen molar-refractivity contribution in [3.05, 3.63) is 53.6 Å². The number of hydrogen-bond donors (Lipinski definition) is 1. The molecule has 8 heteroatoms. The molecule has 0 spiro atoms. The maximum absolute atomic E-state index is 13.0. The Morgan fingerprint density at radius 2 is 2.15 bits per heavy atom. The van der Waals surface area contributed by atoms with E-state index in [2.05, 4.69) is 20.3 Å². The van der Waals surface area contributed by atoms with Crippen LogP contribution < -0.4 is 5.32 Å². The highest BCUT2D eigenvalue weighted by Gasteiger charge is 2.24. The first-order chi connectivity index (χ1) is 12.2. The minimum Gasteiger partial charge on any atom is -0.370 e. The number of hydrogen-bond acceptors (Lipinski definition) is 3. The van der Waals surface area contributed by atoms with Crippen molar-refractivity contribution in [2.24, 2.45) is 12.0 Å². The van der Waals surface area contributed by atoms with Gasteiger partial charge in [0.1, 0.15) is 11.9 Å². The second-order valence-electron chi connectivity index (χ2n) is 6.10. The van der Waals surface area contributed by atoms with E-state index in [4.69, 9.17) is 4.74 Å².